The SMILES string of the molecule is COCC1CCCN(CC(CN)C(F)(F)F)C1. The third-order valence-electron chi connectivity index (χ3n) is 3.23. The summed E-state index contributed by atoms with van der Waals surface area (Å²) < 4.78 is 42.8. The Morgan fingerprint density at radius 2 is 2.18 bits per heavy atom. The molecule has 2 N–H and O–H groups in total. The van der Waals surface area contributed by atoms with Gasteiger partial charge in [-0.3, -0.25) is 0 Å². The third kappa shape index (κ3) is 4.81. The van der Waals surface area contributed by atoms with Crippen molar-refractivity contribution < 1.29 is 17.9 Å². The largest absolute Gasteiger partial charge is 0.394 e. The summed E-state index contributed by atoms with van der Waals surface area (Å²) in [6.45, 7) is 1.71. The van der Waals surface area contributed by atoms with E-state index in [-0.39, 0.29) is 13.1 Å². The first-order chi connectivity index (χ1) is 7.97. The fourth-order valence-electron chi connectivity index (χ4n) is 2.31. The molecule has 0 aliphatic carbocycles. The molecule has 0 amide bonds. The quantitative estimate of drug-likeness (QED) is 0.807. The summed E-state index contributed by atoms with van der Waals surface area (Å²) in [5.41, 5.74) is 5.20. The van der Waals surface area contributed by atoms with Gasteiger partial charge in [-0.25, -0.2) is 0 Å². The van der Waals surface area contributed by atoms with E-state index in [0.29, 0.717) is 19.1 Å². The van der Waals surface area contributed by atoms with Crippen molar-refractivity contribution in [2.24, 2.45) is 17.6 Å². The Morgan fingerprint density at radius 1 is 1.47 bits per heavy atom. The lowest BCUT2D eigenvalue weighted by molar-refractivity contribution is -0.177. The van der Waals surface area contributed by atoms with Crippen LogP contribution in [0, 0.1) is 11.8 Å². The molecule has 1 rings (SSSR count). The number of rotatable bonds is 5. The molecule has 1 aliphatic rings. The highest BCUT2D eigenvalue weighted by molar-refractivity contribution is 4.78. The molecule has 6 heteroatoms. The lowest BCUT2D eigenvalue weighted by atomic mass is 9.97. The van der Waals surface area contributed by atoms with Gasteiger partial charge < -0.3 is 15.4 Å². The van der Waals surface area contributed by atoms with Crippen molar-refractivity contribution in [1.29, 1.82) is 0 Å². The molecule has 0 spiro atoms. The Hall–Kier alpha value is -0.330. The zero-order valence-electron chi connectivity index (χ0n) is 10.2. The number of hydrogen-bond donors (Lipinski definition) is 1. The van der Waals surface area contributed by atoms with Crippen LogP contribution in [0.5, 0.6) is 0 Å². The van der Waals surface area contributed by atoms with E-state index in [4.69, 9.17) is 10.5 Å². The summed E-state index contributed by atoms with van der Waals surface area (Å²) >= 11 is 0. The van der Waals surface area contributed by atoms with Crippen molar-refractivity contribution in [2.45, 2.75) is 19.0 Å². The van der Waals surface area contributed by atoms with Gasteiger partial charge in [0.15, 0.2) is 0 Å². The highest BCUT2D eigenvalue weighted by atomic mass is 19.4. The van der Waals surface area contributed by atoms with Crippen LogP contribution in [0.15, 0.2) is 0 Å². The number of nitrogens with two attached hydrogens (primary N) is 1. The Morgan fingerprint density at radius 3 is 2.71 bits per heavy atom. The minimum absolute atomic E-state index is 0.0141. The van der Waals surface area contributed by atoms with Crippen LogP contribution >= 0.6 is 0 Å². The number of hydrogen-bond acceptors (Lipinski definition) is 3. The summed E-state index contributed by atoms with van der Waals surface area (Å²) in [6.07, 6.45) is -2.23. The van der Waals surface area contributed by atoms with Gasteiger partial charge in [0, 0.05) is 26.7 Å². The predicted molar refractivity (Wildman–Crippen MR) is 59.6 cm³/mol. The smallest absolute Gasteiger partial charge is 0.384 e. The van der Waals surface area contributed by atoms with Crippen molar-refractivity contribution in [3.05, 3.63) is 0 Å². The molecule has 3 nitrogen and oxygen atoms in total. The van der Waals surface area contributed by atoms with Gasteiger partial charge in [-0.15, -0.1) is 0 Å². The Bertz CT molecular complexity index is 221. The second-order valence-corrected chi connectivity index (χ2v) is 4.70. The normalized spacial score (nSPS) is 24.9. The Labute approximate surface area is 100 Å². The number of likely N-dealkylation sites (tertiary alicyclic amines) is 1. The van der Waals surface area contributed by atoms with Gasteiger partial charge in [-0.05, 0) is 25.3 Å². The predicted octanol–water partition coefficient (Wildman–Crippen LogP) is 1.48. The third-order valence-corrected chi connectivity index (χ3v) is 3.23. The van der Waals surface area contributed by atoms with Crippen LogP contribution in [0.1, 0.15) is 12.8 Å². The van der Waals surface area contributed by atoms with Crippen LogP contribution in [-0.4, -0.2) is 51.0 Å². The average molecular weight is 254 g/mol. The summed E-state index contributed by atoms with van der Waals surface area (Å²) in [5.74, 6) is -1.07. The molecule has 17 heavy (non-hydrogen) atoms. The highest BCUT2D eigenvalue weighted by Gasteiger charge is 2.39. The zero-order chi connectivity index (χ0) is 12.9. The molecule has 0 bridgehead atoms. The number of alkyl halides is 3. The summed E-state index contributed by atoms with van der Waals surface area (Å²) in [4.78, 5) is 1.86. The number of nitrogens with zero attached hydrogens (tertiary/aromatic N) is 1. The maximum absolute atomic E-state index is 12.6. The standard InChI is InChI=1S/C11H21F3N2O/c1-17-8-9-3-2-4-16(6-9)7-10(5-15)11(12,13)14/h9-10H,2-8,15H2,1H3. The molecule has 1 heterocycles. The van der Waals surface area contributed by atoms with Crippen LogP contribution in [0.25, 0.3) is 0 Å². The van der Waals surface area contributed by atoms with Gasteiger partial charge >= 0.3 is 6.18 Å². The van der Waals surface area contributed by atoms with Gasteiger partial charge in [0.25, 0.3) is 0 Å². The van der Waals surface area contributed by atoms with E-state index in [2.05, 4.69) is 0 Å². The fourth-order valence-corrected chi connectivity index (χ4v) is 2.31. The van der Waals surface area contributed by atoms with Gasteiger partial charge in [0.05, 0.1) is 12.5 Å². The van der Waals surface area contributed by atoms with Crippen LogP contribution in [0.4, 0.5) is 13.2 Å². The number of ether oxygens (including phenoxy) is 1. The second kappa shape index (κ2) is 6.56. The van der Waals surface area contributed by atoms with E-state index in [1.807, 2.05) is 4.90 Å². The lowest BCUT2D eigenvalue weighted by Crippen LogP contribution is -2.45. The van der Waals surface area contributed by atoms with Crippen molar-refractivity contribution in [1.82, 2.24) is 4.90 Å². The molecule has 2 unspecified atom stereocenters. The first-order valence-electron chi connectivity index (χ1n) is 5.95. The molecular formula is C11H21F3N2O. The minimum Gasteiger partial charge on any atom is -0.384 e. The van der Waals surface area contributed by atoms with E-state index in [9.17, 15) is 13.2 Å². The molecule has 1 fully saturated rings. The molecule has 1 aliphatic heterocycles. The van der Waals surface area contributed by atoms with E-state index >= 15 is 0 Å². The molecule has 1 saturated heterocycles. The monoisotopic (exact) mass is 254 g/mol. The van der Waals surface area contributed by atoms with Gasteiger partial charge in [-0.1, -0.05) is 0 Å². The van der Waals surface area contributed by atoms with Crippen LogP contribution in [-0.2, 0) is 4.74 Å². The molecule has 0 radical (unpaired) electrons. The van der Waals surface area contributed by atoms with Gasteiger partial charge in [0.2, 0.25) is 0 Å². The molecule has 0 aromatic heterocycles. The van der Waals surface area contributed by atoms with Crippen molar-refractivity contribution >= 4 is 0 Å². The van der Waals surface area contributed by atoms with Crippen LogP contribution < -0.4 is 5.73 Å². The molecular weight excluding hydrogens is 233 g/mol. The topological polar surface area (TPSA) is 38.5 Å². The van der Waals surface area contributed by atoms with Crippen molar-refractivity contribution in [3.8, 4) is 0 Å². The van der Waals surface area contributed by atoms with Crippen LogP contribution in [0.2, 0.25) is 0 Å². The van der Waals surface area contributed by atoms with Crippen LogP contribution in [0.3, 0.4) is 0 Å². The average Bonchev–Trinajstić information content (AvgIpc) is 2.25. The minimum atomic E-state index is -4.19. The van der Waals surface area contributed by atoms with Gasteiger partial charge in [-0.2, -0.15) is 13.2 Å². The lowest BCUT2D eigenvalue weighted by Gasteiger charge is -2.34. The molecule has 0 aromatic carbocycles. The van der Waals surface area contributed by atoms with Crippen molar-refractivity contribution in [3.63, 3.8) is 0 Å². The van der Waals surface area contributed by atoms with E-state index in [1.54, 1.807) is 7.11 Å². The maximum atomic E-state index is 12.6. The first-order valence-corrected chi connectivity index (χ1v) is 5.95. The number of halogens is 3. The van der Waals surface area contributed by atoms with E-state index < -0.39 is 12.1 Å². The Balaban J connectivity index is 2.44. The molecule has 102 valence electrons. The maximum Gasteiger partial charge on any atom is 0.394 e. The second-order valence-electron chi connectivity index (χ2n) is 4.70. The number of methoxy groups -OCH3 is 1. The fraction of sp³-hybridized carbons (Fsp3) is 1.00. The zero-order valence-corrected chi connectivity index (χ0v) is 10.2. The van der Waals surface area contributed by atoms with E-state index in [0.717, 1.165) is 19.4 Å². The molecule has 0 aromatic rings. The first kappa shape index (κ1) is 14.7. The summed E-state index contributed by atoms with van der Waals surface area (Å²) in [5, 5.41) is 0. The summed E-state index contributed by atoms with van der Waals surface area (Å²) in [7, 11) is 1.62. The molecule has 0 saturated carbocycles. The number of piperidine rings is 1. The van der Waals surface area contributed by atoms with E-state index in [1.165, 1.54) is 0 Å². The summed E-state index contributed by atoms with van der Waals surface area (Å²) in [6, 6.07) is 0. The van der Waals surface area contributed by atoms with Crippen molar-refractivity contribution in [2.75, 3.05) is 39.9 Å². The highest BCUT2D eigenvalue weighted by Crippen LogP contribution is 2.27. The molecule has 2 atom stereocenters. The van der Waals surface area contributed by atoms with Gasteiger partial charge in [0.1, 0.15) is 0 Å². The Kier molecular flexibility index (Phi) is 5.69.